The molecule has 35 heavy (non-hydrogen) atoms. The number of pyridine rings is 1. The quantitative estimate of drug-likeness (QED) is 0.429. The zero-order valence-electron chi connectivity index (χ0n) is 18.5. The number of imide groups is 1. The highest BCUT2D eigenvalue weighted by Crippen LogP contribution is 2.25. The maximum Gasteiger partial charge on any atom is 0.309 e. The number of amides is 2. The highest BCUT2D eigenvalue weighted by atomic mass is 35.5. The molecule has 9 heteroatoms. The topological polar surface area (TPSA) is 108 Å². The van der Waals surface area contributed by atoms with E-state index in [0.717, 1.165) is 10.5 Å². The molecular formula is C26H22ClFN2O5. The van der Waals surface area contributed by atoms with Crippen molar-refractivity contribution in [3.8, 4) is 11.3 Å². The predicted octanol–water partition coefficient (Wildman–Crippen LogP) is 4.22. The Morgan fingerprint density at radius 2 is 1.71 bits per heavy atom. The molecule has 180 valence electrons. The van der Waals surface area contributed by atoms with Gasteiger partial charge in [-0.2, -0.15) is 0 Å². The fourth-order valence-electron chi connectivity index (χ4n) is 4.11. The highest BCUT2D eigenvalue weighted by Gasteiger charge is 2.36. The molecule has 3 aromatic rings. The Morgan fingerprint density at radius 1 is 1.03 bits per heavy atom. The number of carboxylic acids is 1. The lowest BCUT2D eigenvalue weighted by atomic mass is 9.93. The number of carbonyl (C=O) groups excluding carboxylic acids is 2. The summed E-state index contributed by atoms with van der Waals surface area (Å²) >= 11 is 5.71. The van der Waals surface area contributed by atoms with Gasteiger partial charge in [-0.05, 0) is 55.2 Å². The second-order valence-corrected chi connectivity index (χ2v) is 8.73. The Morgan fingerprint density at radius 3 is 2.29 bits per heavy atom. The molecule has 0 aliphatic carbocycles. The van der Waals surface area contributed by atoms with Crippen molar-refractivity contribution in [2.45, 2.75) is 25.4 Å². The van der Waals surface area contributed by atoms with Crippen molar-refractivity contribution in [2.75, 3.05) is 6.54 Å². The third-order valence-corrected chi connectivity index (χ3v) is 6.40. The normalized spacial score (nSPS) is 14.7. The van der Waals surface area contributed by atoms with Gasteiger partial charge >= 0.3 is 5.97 Å². The van der Waals surface area contributed by atoms with E-state index in [2.05, 4.69) is 4.98 Å². The molecule has 7 nitrogen and oxygen atoms in total. The standard InChI is InChI=1S/C26H22ClFN2O5/c27-20-8-7-16(13-21(20)28)22-9-5-15(14-29-22)6-10-23(31)19(26(34)35)11-12-30-24(32)17-3-1-2-4-18(17)25(30)33/h1-5,7-9,13-14,19,23,31H,6,10-12H2,(H,34,35)/t19-,23+/m0/s1. The van der Waals surface area contributed by atoms with Gasteiger partial charge in [0.1, 0.15) is 5.82 Å². The van der Waals surface area contributed by atoms with Gasteiger partial charge in [-0.25, -0.2) is 4.39 Å². The Hall–Kier alpha value is -3.62. The maximum absolute atomic E-state index is 13.7. The minimum absolute atomic E-state index is 0.0235. The Kier molecular flexibility index (Phi) is 7.23. The Bertz CT molecular complexity index is 1250. The van der Waals surface area contributed by atoms with Crippen molar-refractivity contribution >= 4 is 29.4 Å². The molecule has 0 bridgehead atoms. The van der Waals surface area contributed by atoms with Crippen molar-refractivity contribution in [3.63, 3.8) is 0 Å². The van der Waals surface area contributed by atoms with Gasteiger partial charge in [-0.3, -0.25) is 24.3 Å². The Labute approximate surface area is 205 Å². The molecule has 0 radical (unpaired) electrons. The van der Waals surface area contributed by atoms with Gasteiger partial charge in [0.25, 0.3) is 11.8 Å². The minimum Gasteiger partial charge on any atom is -0.481 e. The number of carboxylic acid groups (broad SMARTS) is 1. The number of aryl methyl sites for hydroxylation is 1. The van der Waals surface area contributed by atoms with Gasteiger partial charge in [0, 0.05) is 18.3 Å². The first-order valence-corrected chi connectivity index (χ1v) is 11.4. The van der Waals surface area contributed by atoms with E-state index in [-0.39, 0.29) is 24.4 Å². The molecule has 0 saturated heterocycles. The van der Waals surface area contributed by atoms with Crippen LogP contribution >= 0.6 is 11.6 Å². The number of nitrogens with zero attached hydrogens (tertiary/aromatic N) is 2. The summed E-state index contributed by atoms with van der Waals surface area (Å²) in [6, 6.07) is 14.3. The molecule has 2 amide bonds. The highest BCUT2D eigenvalue weighted by molar-refractivity contribution is 6.30. The van der Waals surface area contributed by atoms with Crippen LogP contribution in [0.2, 0.25) is 5.02 Å². The number of fused-ring (bicyclic) bond motifs is 1. The molecule has 2 N–H and O–H groups in total. The average Bonchev–Trinajstić information content (AvgIpc) is 3.09. The zero-order chi connectivity index (χ0) is 25.1. The van der Waals surface area contributed by atoms with Gasteiger partial charge in [0.15, 0.2) is 0 Å². The average molecular weight is 497 g/mol. The smallest absolute Gasteiger partial charge is 0.309 e. The molecule has 0 spiro atoms. The summed E-state index contributed by atoms with van der Waals surface area (Å²) in [5, 5.41) is 20.2. The third-order valence-electron chi connectivity index (χ3n) is 6.09. The van der Waals surface area contributed by atoms with Gasteiger partial charge < -0.3 is 10.2 Å². The monoisotopic (exact) mass is 496 g/mol. The number of carbonyl (C=O) groups is 3. The van der Waals surface area contributed by atoms with Crippen LogP contribution in [-0.4, -0.2) is 50.5 Å². The molecule has 0 fully saturated rings. The summed E-state index contributed by atoms with van der Waals surface area (Å²) in [6.07, 6.45) is 0.841. The number of hydrogen-bond donors (Lipinski definition) is 2. The van der Waals surface area contributed by atoms with E-state index in [1.54, 1.807) is 48.7 Å². The van der Waals surface area contributed by atoms with Gasteiger partial charge in [0.2, 0.25) is 0 Å². The van der Waals surface area contributed by atoms with Crippen LogP contribution < -0.4 is 0 Å². The molecule has 0 unspecified atom stereocenters. The van der Waals surface area contributed by atoms with Crippen molar-refractivity contribution in [3.05, 3.63) is 88.3 Å². The van der Waals surface area contributed by atoms with E-state index in [4.69, 9.17) is 11.6 Å². The molecule has 1 aliphatic rings. The van der Waals surface area contributed by atoms with Crippen LogP contribution in [0.1, 0.15) is 39.1 Å². The Balaban J connectivity index is 1.35. The lowest BCUT2D eigenvalue weighted by Gasteiger charge is -2.22. The van der Waals surface area contributed by atoms with Crippen LogP contribution in [0.3, 0.4) is 0 Å². The van der Waals surface area contributed by atoms with Gasteiger partial charge in [-0.1, -0.05) is 35.9 Å². The van der Waals surface area contributed by atoms with Crippen LogP contribution in [0.5, 0.6) is 0 Å². The summed E-state index contributed by atoms with van der Waals surface area (Å²) in [5.74, 6) is -3.82. The summed E-state index contributed by atoms with van der Waals surface area (Å²) in [4.78, 5) is 42.1. The number of aromatic nitrogens is 1. The van der Waals surface area contributed by atoms with E-state index in [9.17, 15) is 29.0 Å². The fourth-order valence-corrected chi connectivity index (χ4v) is 4.22. The van der Waals surface area contributed by atoms with Crippen molar-refractivity contribution in [2.24, 2.45) is 5.92 Å². The lowest BCUT2D eigenvalue weighted by molar-refractivity contribution is -0.146. The van der Waals surface area contributed by atoms with E-state index in [1.807, 2.05) is 0 Å². The zero-order valence-corrected chi connectivity index (χ0v) is 19.3. The molecule has 2 aromatic carbocycles. The van der Waals surface area contributed by atoms with Crippen LogP contribution in [0.4, 0.5) is 4.39 Å². The first kappa shape index (κ1) is 24.5. The number of benzene rings is 2. The summed E-state index contributed by atoms with van der Waals surface area (Å²) < 4.78 is 13.7. The molecule has 4 rings (SSSR count). The summed E-state index contributed by atoms with van der Waals surface area (Å²) in [5.41, 5.74) is 2.47. The van der Waals surface area contributed by atoms with E-state index >= 15 is 0 Å². The predicted molar refractivity (Wildman–Crippen MR) is 127 cm³/mol. The second-order valence-electron chi connectivity index (χ2n) is 8.33. The van der Waals surface area contributed by atoms with Gasteiger partial charge in [-0.15, -0.1) is 0 Å². The molecular weight excluding hydrogens is 475 g/mol. The lowest BCUT2D eigenvalue weighted by Crippen LogP contribution is -2.36. The largest absolute Gasteiger partial charge is 0.481 e. The maximum atomic E-state index is 13.7. The van der Waals surface area contributed by atoms with Crippen LogP contribution in [0, 0.1) is 11.7 Å². The number of hydrogen-bond acceptors (Lipinski definition) is 5. The summed E-state index contributed by atoms with van der Waals surface area (Å²) in [6.45, 7) is -0.103. The number of aliphatic hydroxyl groups is 1. The number of aliphatic carboxylic acids is 1. The van der Waals surface area contributed by atoms with Crippen molar-refractivity contribution in [1.29, 1.82) is 0 Å². The van der Waals surface area contributed by atoms with Crippen LogP contribution in [0.15, 0.2) is 60.8 Å². The molecule has 2 heterocycles. The first-order chi connectivity index (χ1) is 16.8. The fraction of sp³-hybridized carbons (Fsp3) is 0.231. The van der Waals surface area contributed by atoms with Crippen LogP contribution in [0.25, 0.3) is 11.3 Å². The summed E-state index contributed by atoms with van der Waals surface area (Å²) in [7, 11) is 0. The number of rotatable bonds is 9. The third kappa shape index (κ3) is 5.23. The number of aliphatic hydroxyl groups excluding tert-OH is 1. The van der Waals surface area contributed by atoms with Crippen molar-refractivity contribution in [1.82, 2.24) is 9.88 Å². The van der Waals surface area contributed by atoms with E-state index < -0.39 is 35.6 Å². The minimum atomic E-state index is -1.20. The first-order valence-electron chi connectivity index (χ1n) is 11.0. The SMILES string of the molecule is O=C(O)[C@@H](CCN1C(=O)c2ccccc2C1=O)[C@H](O)CCc1ccc(-c2ccc(Cl)c(F)c2)nc1. The van der Waals surface area contributed by atoms with E-state index in [0.29, 0.717) is 28.8 Å². The van der Waals surface area contributed by atoms with E-state index in [1.165, 1.54) is 12.1 Å². The van der Waals surface area contributed by atoms with Crippen molar-refractivity contribution < 1.29 is 29.0 Å². The van der Waals surface area contributed by atoms with Crippen LogP contribution in [-0.2, 0) is 11.2 Å². The van der Waals surface area contributed by atoms with Gasteiger partial charge in [0.05, 0.1) is 33.9 Å². The molecule has 2 atom stereocenters. The molecule has 0 saturated carbocycles. The molecule has 1 aromatic heterocycles. The number of halogens is 2. The second kappa shape index (κ2) is 10.3. The molecule has 1 aliphatic heterocycles.